The molecular weight excluding hydrogens is 363 g/mol. The van der Waals surface area contributed by atoms with Crippen molar-refractivity contribution in [1.29, 1.82) is 0 Å². The Labute approximate surface area is 152 Å². The third-order valence-electron chi connectivity index (χ3n) is 3.25. The fourth-order valence-corrected chi connectivity index (χ4v) is 4.35. The van der Waals surface area contributed by atoms with E-state index in [1.807, 2.05) is 18.4 Å². The average molecular weight is 379 g/mol. The first-order valence-corrected chi connectivity index (χ1v) is 10.3. The molecule has 7 heteroatoms. The highest BCUT2D eigenvalue weighted by molar-refractivity contribution is 7.99. The summed E-state index contributed by atoms with van der Waals surface area (Å²) in [4.78, 5) is 18.6. The topological polar surface area (TPSA) is 42.0 Å². The second-order valence-electron chi connectivity index (χ2n) is 4.95. The van der Waals surface area contributed by atoms with Gasteiger partial charge in [-0.1, -0.05) is 11.3 Å². The zero-order valence-corrected chi connectivity index (χ0v) is 15.4. The number of hydrogen-bond donors (Lipinski definition) is 1. The van der Waals surface area contributed by atoms with Crippen LogP contribution in [0, 0.1) is 5.82 Å². The van der Waals surface area contributed by atoms with E-state index in [9.17, 15) is 9.18 Å². The number of rotatable bonds is 6. The van der Waals surface area contributed by atoms with Gasteiger partial charge in [0.1, 0.15) is 5.82 Å². The summed E-state index contributed by atoms with van der Waals surface area (Å²) in [5, 5.41) is 3.48. The molecule has 0 bridgehead atoms. The van der Waals surface area contributed by atoms with Crippen LogP contribution in [0.1, 0.15) is 6.42 Å². The van der Waals surface area contributed by atoms with Gasteiger partial charge in [0, 0.05) is 22.0 Å². The zero-order chi connectivity index (χ0) is 16.9. The highest BCUT2D eigenvalue weighted by atomic mass is 32.2. The minimum Gasteiger partial charge on any atom is -0.302 e. The number of benzene rings is 2. The number of carbonyl (C=O) groups is 1. The number of nitrogens with one attached hydrogen (secondary N) is 1. The van der Waals surface area contributed by atoms with Crippen LogP contribution in [0.5, 0.6) is 0 Å². The smallest absolute Gasteiger partial charge is 0.226 e. The van der Waals surface area contributed by atoms with Crippen LogP contribution in [0.2, 0.25) is 0 Å². The van der Waals surface area contributed by atoms with Crippen molar-refractivity contribution in [2.75, 3.05) is 17.3 Å². The Morgan fingerprint density at radius 2 is 1.96 bits per heavy atom. The number of hydrogen-bond acceptors (Lipinski definition) is 5. The van der Waals surface area contributed by atoms with Gasteiger partial charge in [0.15, 0.2) is 5.13 Å². The highest BCUT2D eigenvalue weighted by Crippen LogP contribution is 2.29. The molecule has 0 aliphatic rings. The molecule has 0 saturated heterocycles. The number of aromatic nitrogens is 1. The van der Waals surface area contributed by atoms with Crippen molar-refractivity contribution in [2.45, 2.75) is 16.2 Å². The molecule has 1 amide bonds. The number of halogens is 1. The Bertz CT molecular complexity index is 849. The number of anilines is 1. The zero-order valence-electron chi connectivity index (χ0n) is 12.9. The molecule has 0 radical (unpaired) electrons. The fourth-order valence-electron chi connectivity index (χ4n) is 2.06. The maximum Gasteiger partial charge on any atom is 0.226 e. The highest BCUT2D eigenvalue weighted by Gasteiger charge is 2.08. The summed E-state index contributed by atoms with van der Waals surface area (Å²) < 4.78 is 13.9. The molecule has 0 aliphatic carbocycles. The second kappa shape index (κ2) is 8.00. The van der Waals surface area contributed by atoms with E-state index in [2.05, 4.69) is 16.4 Å². The van der Waals surface area contributed by atoms with Crippen LogP contribution in [-0.2, 0) is 4.79 Å². The molecule has 0 saturated carbocycles. The van der Waals surface area contributed by atoms with E-state index < -0.39 is 0 Å². The summed E-state index contributed by atoms with van der Waals surface area (Å²) in [6, 6.07) is 12.4. The summed E-state index contributed by atoms with van der Waals surface area (Å²) in [5.74, 6) is 0.324. The molecule has 3 rings (SSSR count). The molecule has 24 heavy (non-hydrogen) atoms. The summed E-state index contributed by atoms with van der Waals surface area (Å²) in [6.07, 6.45) is 2.41. The van der Waals surface area contributed by atoms with Gasteiger partial charge in [0.25, 0.3) is 0 Å². The normalized spacial score (nSPS) is 10.9. The first kappa shape index (κ1) is 17.3. The average Bonchev–Trinajstić information content (AvgIpc) is 2.97. The van der Waals surface area contributed by atoms with Crippen molar-refractivity contribution in [1.82, 2.24) is 4.98 Å². The molecule has 0 spiro atoms. The molecule has 0 unspecified atom stereocenters. The molecule has 0 aliphatic heterocycles. The minimum atomic E-state index is -0.252. The standard InChI is InChI=1S/C17H15FN2OS3/c1-22-13-6-7-14-15(10-13)24-17(19-14)20-16(21)8-9-23-12-4-2-11(18)3-5-12/h2-7,10H,8-9H2,1H3,(H,19,20,21). The lowest BCUT2D eigenvalue weighted by Crippen LogP contribution is -2.11. The first-order valence-electron chi connectivity index (χ1n) is 7.27. The molecule has 2 aromatic carbocycles. The Morgan fingerprint density at radius 1 is 1.21 bits per heavy atom. The number of thioether (sulfide) groups is 2. The molecule has 124 valence electrons. The van der Waals surface area contributed by atoms with E-state index in [1.165, 1.54) is 40.1 Å². The number of amides is 1. The molecule has 3 nitrogen and oxygen atoms in total. The quantitative estimate of drug-likeness (QED) is 0.593. The van der Waals surface area contributed by atoms with Crippen molar-refractivity contribution in [3.63, 3.8) is 0 Å². The van der Waals surface area contributed by atoms with E-state index in [1.54, 1.807) is 23.9 Å². The lowest BCUT2D eigenvalue weighted by molar-refractivity contribution is -0.115. The Kier molecular flexibility index (Phi) is 5.76. The van der Waals surface area contributed by atoms with Crippen molar-refractivity contribution < 1.29 is 9.18 Å². The predicted molar refractivity (Wildman–Crippen MR) is 102 cm³/mol. The van der Waals surface area contributed by atoms with Crippen molar-refractivity contribution in [3.05, 3.63) is 48.3 Å². The van der Waals surface area contributed by atoms with Crippen LogP contribution in [0.25, 0.3) is 10.2 Å². The van der Waals surface area contributed by atoms with Gasteiger partial charge in [-0.25, -0.2) is 9.37 Å². The summed E-state index contributed by atoms with van der Waals surface area (Å²) in [7, 11) is 0. The number of thiazole rings is 1. The Hall–Kier alpha value is -1.57. The van der Waals surface area contributed by atoms with Crippen LogP contribution in [0.15, 0.2) is 52.3 Å². The lowest BCUT2D eigenvalue weighted by Gasteiger charge is -2.02. The molecule has 1 N–H and O–H groups in total. The summed E-state index contributed by atoms with van der Waals surface area (Å²) in [6.45, 7) is 0. The molecule has 0 atom stereocenters. The van der Waals surface area contributed by atoms with Gasteiger partial charge >= 0.3 is 0 Å². The monoisotopic (exact) mass is 378 g/mol. The molecule has 0 fully saturated rings. The third-order valence-corrected chi connectivity index (χ3v) is 5.93. The molecule has 1 heterocycles. The van der Waals surface area contributed by atoms with E-state index in [0.717, 1.165) is 15.1 Å². The van der Waals surface area contributed by atoms with Crippen molar-refractivity contribution >= 4 is 56.1 Å². The SMILES string of the molecule is CSc1ccc2nc(NC(=O)CCSc3ccc(F)cc3)sc2c1. The van der Waals surface area contributed by atoms with Crippen LogP contribution in [0.4, 0.5) is 9.52 Å². The number of carbonyl (C=O) groups excluding carboxylic acids is 1. The fraction of sp³-hybridized carbons (Fsp3) is 0.176. The van der Waals surface area contributed by atoms with Crippen molar-refractivity contribution in [2.24, 2.45) is 0 Å². The number of nitrogens with zero attached hydrogens (tertiary/aromatic N) is 1. The van der Waals surface area contributed by atoms with E-state index in [-0.39, 0.29) is 11.7 Å². The lowest BCUT2D eigenvalue weighted by atomic mass is 10.3. The molecule has 3 aromatic rings. The Morgan fingerprint density at radius 3 is 2.71 bits per heavy atom. The summed E-state index contributed by atoms with van der Waals surface area (Å²) >= 11 is 4.69. The minimum absolute atomic E-state index is 0.0613. The van der Waals surface area contributed by atoms with E-state index in [4.69, 9.17) is 0 Å². The number of fused-ring (bicyclic) bond motifs is 1. The first-order chi connectivity index (χ1) is 11.6. The van der Waals surface area contributed by atoms with Gasteiger partial charge in [-0.05, 0) is 48.7 Å². The van der Waals surface area contributed by atoms with E-state index in [0.29, 0.717) is 17.3 Å². The van der Waals surface area contributed by atoms with Crippen LogP contribution in [0.3, 0.4) is 0 Å². The van der Waals surface area contributed by atoms with Gasteiger partial charge in [-0.15, -0.1) is 23.5 Å². The van der Waals surface area contributed by atoms with Gasteiger partial charge in [-0.3, -0.25) is 4.79 Å². The van der Waals surface area contributed by atoms with Gasteiger partial charge < -0.3 is 5.32 Å². The van der Waals surface area contributed by atoms with Gasteiger partial charge in [-0.2, -0.15) is 0 Å². The van der Waals surface area contributed by atoms with Gasteiger partial charge in [0.2, 0.25) is 5.91 Å². The summed E-state index contributed by atoms with van der Waals surface area (Å²) in [5.41, 5.74) is 0.897. The van der Waals surface area contributed by atoms with Crippen LogP contribution >= 0.6 is 34.9 Å². The van der Waals surface area contributed by atoms with E-state index >= 15 is 0 Å². The van der Waals surface area contributed by atoms with Crippen LogP contribution in [-0.4, -0.2) is 22.9 Å². The molecule has 1 aromatic heterocycles. The van der Waals surface area contributed by atoms with Crippen molar-refractivity contribution in [3.8, 4) is 0 Å². The maximum atomic E-state index is 12.8. The van der Waals surface area contributed by atoms with Gasteiger partial charge in [0.05, 0.1) is 10.2 Å². The second-order valence-corrected chi connectivity index (χ2v) is 8.03. The molecular formula is C17H15FN2OS3. The van der Waals surface area contributed by atoms with Crippen LogP contribution < -0.4 is 5.32 Å². The third kappa shape index (κ3) is 4.49. The predicted octanol–water partition coefficient (Wildman–Crippen LogP) is 5.28. The largest absolute Gasteiger partial charge is 0.302 e. The Balaban J connectivity index is 1.53. The maximum absolute atomic E-state index is 12.8.